The van der Waals surface area contributed by atoms with Crippen molar-refractivity contribution in [2.75, 3.05) is 5.32 Å². The number of carbonyl (C=O) groups excluding carboxylic acids is 1. The molecule has 1 atom stereocenters. The summed E-state index contributed by atoms with van der Waals surface area (Å²) in [5.41, 5.74) is 6.40. The van der Waals surface area contributed by atoms with Crippen molar-refractivity contribution in [1.82, 2.24) is 9.78 Å². The van der Waals surface area contributed by atoms with Crippen molar-refractivity contribution >= 4 is 23.2 Å². The number of anilines is 1. The standard InChI is InChI=1S/C36H30ClN3O2/c1-36(2)21-29-32(30(41)22-36)31(24-12-9-15-28(20-24)42-27-18-16-25(37)17-19-27)33-34(23-10-5-3-6-11-23)39-40(35(33)38-29)26-13-7-4-8-14-26/h3-20,31,38H,21-22H2,1-2H3. The number of rotatable bonds is 5. The summed E-state index contributed by atoms with van der Waals surface area (Å²) in [7, 11) is 0. The smallest absolute Gasteiger partial charge is 0.162 e. The molecule has 1 N–H and O–H groups in total. The molecule has 1 aliphatic carbocycles. The first-order chi connectivity index (χ1) is 20.4. The van der Waals surface area contributed by atoms with Crippen molar-refractivity contribution in [3.8, 4) is 28.4 Å². The van der Waals surface area contributed by atoms with Crippen LogP contribution in [0.1, 0.15) is 43.7 Å². The van der Waals surface area contributed by atoms with Crippen LogP contribution in [0.5, 0.6) is 11.5 Å². The van der Waals surface area contributed by atoms with Gasteiger partial charge in [-0.25, -0.2) is 4.68 Å². The van der Waals surface area contributed by atoms with E-state index in [1.54, 1.807) is 0 Å². The fourth-order valence-electron chi connectivity index (χ4n) is 6.19. The minimum atomic E-state index is -0.318. The van der Waals surface area contributed by atoms with Crippen LogP contribution in [0.25, 0.3) is 16.9 Å². The first-order valence-electron chi connectivity index (χ1n) is 14.2. The van der Waals surface area contributed by atoms with Crippen LogP contribution in [-0.4, -0.2) is 15.6 Å². The second-order valence-corrected chi connectivity index (χ2v) is 12.2. The van der Waals surface area contributed by atoms with Crippen LogP contribution >= 0.6 is 11.6 Å². The molecule has 5 aromatic rings. The number of fused-ring (bicyclic) bond motifs is 1. The highest BCUT2D eigenvalue weighted by Gasteiger charge is 2.43. The Morgan fingerprint density at radius 1 is 0.857 bits per heavy atom. The number of Topliss-reactive ketones (excluding diaryl/α,β-unsaturated/α-hetero) is 1. The molecule has 7 rings (SSSR count). The molecule has 1 unspecified atom stereocenters. The maximum absolute atomic E-state index is 14.0. The predicted molar refractivity (Wildman–Crippen MR) is 167 cm³/mol. The van der Waals surface area contributed by atoms with Crippen LogP contribution in [0.4, 0.5) is 5.82 Å². The normalized spacial score (nSPS) is 17.3. The molecule has 1 aliphatic heterocycles. The molecule has 6 heteroatoms. The Morgan fingerprint density at radius 3 is 2.31 bits per heavy atom. The molecular formula is C36H30ClN3O2. The van der Waals surface area contributed by atoms with Crippen molar-refractivity contribution < 1.29 is 9.53 Å². The molecule has 1 aromatic heterocycles. The molecule has 5 nitrogen and oxygen atoms in total. The number of halogens is 1. The third kappa shape index (κ3) is 4.80. The van der Waals surface area contributed by atoms with Gasteiger partial charge in [0.15, 0.2) is 5.78 Å². The van der Waals surface area contributed by atoms with Gasteiger partial charge >= 0.3 is 0 Å². The van der Waals surface area contributed by atoms with Crippen molar-refractivity contribution in [2.45, 2.75) is 32.6 Å². The van der Waals surface area contributed by atoms with Gasteiger partial charge in [-0.2, -0.15) is 5.10 Å². The molecule has 0 saturated carbocycles. The van der Waals surface area contributed by atoms with Crippen LogP contribution in [0.3, 0.4) is 0 Å². The number of para-hydroxylation sites is 1. The topological polar surface area (TPSA) is 56.2 Å². The Kier molecular flexibility index (Phi) is 6.47. The monoisotopic (exact) mass is 571 g/mol. The largest absolute Gasteiger partial charge is 0.457 e. The average molecular weight is 572 g/mol. The second kappa shape index (κ2) is 10.3. The zero-order chi connectivity index (χ0) is 28.8. The molecule has 2 heterocycles. The van der Waals surface area contributed by atoms with E-state index in [0.717, 1.165) is 51.6 Å². The number of aromatic nitrogens is 2. The number of carbonyl (C=O) groups is 1. The van der Waals surface area contributed by atoms with Crippen molar-refractivity contribution in [1.29, 1.82) is 0 Å². The van der Waals surface area contributed by atoms with Crippen LogP contribution < -0.4 is 10.1 Å². The molecule has 0 fully saturated rings. The lowest BCUT2D eigenvalue weighted by Gasteiger charge is -2.39. The van der Waals surface area contributed by atoms with Gasteiger partial charge in [0, 0.05) is 39.8 Å². The number of ether oxygens (including phenoxy) is 1. The Bertz CT molecular complexity index is 1820. The Morgan fingerprint density at radius 2 is 1.57 bits per heavy atom. The first kappa shape index (κ1) is 26.3. The summed E-state index contributed by atoms with van der Waals surface area (Å²) in [6.45, 7) is 4.32. The fraction of sp³-hybridized carbons (Fsp3) is 0.167. The lowest BCUT2D eigenvalue weighted by molar-refractivity contribution is -0.118. The van der Waals surface area contributed by atoms with Crippen molar-refractivity contribution in [3.63, 3.8) is 0 Å². The Balaban J connectivity index is 1.45. The zero-order valence-electron chi connectivity index (χ0n) is 23.5. The number of allylic oxidation sites excluding steroid dienone is 2. The fourth-order valence-corrected chi connectivity index (χ4v) is 6.31. The van der Waals surface area contributed by atoms with E-state index in [1.165, 1.54) is 0 Å². The molecule has 42 heavy (non-hydrogen) atoms. The molecule has 2 aliphatic rings. The number of benzene rings is 4. The first-order valence-corrected chi connectivity index (χ1v) is 14.5. The molecule has 0 spiro atoms. The summed E-state index contributed by atoms with van der Waals surface area (Å²) in [5.74, 6) is 2.12. The van der Waals surface area contributed by atoms with E-state index in [2.05, 4.69) is 49.5 Å². The summed E-state index contributed by atoms with van der Waals surface area (Å²) >= 11 is 6.09. The van der Waals surface area contributed by atoms with Crippen LogP contribution in [0.15, 0.2) is 120 Å². The highest BCUT2D eigenvalue weighted by atomic mass is 35.5. The Hall–Kier alpha value is -4.61. The minimum Gasteiger partial charge on any atom is -0.457 e. The molecule has 4 aromatic carbocycles. The van der Waals surface area contributed by atoms with E-state index in [4.69, 9.17) is 21.4 Å². The third-order valence-electron chi connectivity index (χ3n) is 7.98. The van der Waals surface area contributed by atoms with Gasteiger partial charge in [0.1, 0.15) is 17.3 Å². The van der Waals surface area contributed by atoms with Gasteiger partial charge in [0.05, 0.1) is 11.4 Å². The summed E-state index contributed by atoms with van der Waals surface area (Å²) < 4.78 is 8.22. The highest BCUT2D eigenvalue weighted by Crippen LogP contribution is 2.52. The predicted octanol–water partition coefficient (Wildman–Crippen LogP) is 9.19. The van der Waals surface area contributed by atoms with Crippen LogP contribution in [-0.2, 0) is 4.79 Å². The molecular weight excluding hydrogens is 542 g/mol. The van der Waals surface area contributed by atoms with E-state index in [9.17, 15) is 4.79 Å². The molecule has 0 radical (unpaired) electrons. The molecule has 0 bridgehead atoms. The van der Waals surface area contributed by atoms with E-state index in [0.29, 0.717) is 22.9 Å². The van der Waals surface area contributed by atoms with Gasteiger partial charge in [-0.05, 0) is 65.9 Å². The maximum Gasteiger partial charge on any atom is 0.162 e. The summed E-state index contributed by atoms with van der Waals surface area (Å²) in [6.07, 6.45) is 1.26. The number of nitrogens with zero attached hydrogens (tertiary/aromatic N) is 2. The van der Waals surface area contributed by atoms with Gasteiger partial charge in [0.2, 0.25) is 0 Å². The highest BCUT2D eigenvalue weighted by molar-refractivity contribution is 6.30. The number of hydrogen-bond acceptors (Lipinski definition) is 4. The van der Waals surface area contributed by atoms with E-state index >= 15 is 0 Å². The van der Waals surface area contributed by atoms with Gasteiger partial charge in [-0.15, -0.1) is 0 Å². The maximum atomic E-state index is 14.0. The van der Waals surface area contributed by atoms with E-state index in [-0.39, 0.29) is 17.1 Å². The molecule has 208 valence electrons. The van der Waals surface area contributed by atoms with Crippen molar-refractivity contribution in [2.24, 2.45) is 5.41 Å². The molecule has 0 amide bonds. The lowest BCUT2D eigenvalue weighted by Crippen LogP contribution is -2.34. The van der Waals surface area contributed by atoms with Gasteiger partial charge in [0.25, 0.3) is 0 Å². The number of ketones is 1. The zero-order valence-corrected chi connectivity index (χ0v) is 24.2. The van der Waals surface area contributed by atoms with Crippen LogP contribution in [0, 0.1) is 5.41 Å². The number of hydrogen-bond donors (Lipinski definition) is 1. The van der Waals surface area contributed by atoms with E-state index < -0.39 is 0 Å². The lowest BCUT2D eigenvalue weighted by atomic mass is 9.69. The van der Waals surface area contributed by atoms with Gasteiger partial charge < -0.3 is 10.1 Å². The number of nitrogens with one attached hydrogen (secondary N) is 1. The Labute approximate surface area is 250 Å². The SMILES string of the molecule is CC1(C)CC(=O)C2=C(C1)Nc1c(c(-c3ccccc3)nn1-c1ccccc1)C2c1cccc(Oc2ccc(Cl)cc2)c1. The van der Waals surface area contributed by atoms with Crippen LogP contribution in [0.2, 0.25) is 5.02 Å². The quantitative estimate of drug-likeness (QED) is 0.228. The minimum absolute atomic E-state index is 0.148. The average Bonchev–Trinajstić information content (AvgIpc) is 3.37. The van der Waals surface area contributed by atoms with Gasteiger partial charge in [-0.3, -0.25) is 4.79 Å². The summed E-state index contributed by atoms with van der Waals surface area (Å²) in [6, 6.07) is 35.7. The second-order valence-electron chi connectivity index (χ2n) is 11.7. The van der Waals surface area contributed by atoms with Gasteiger partial charge in [-0.1, -0.05) is 86.1 Å². The summed E-state index contributed by atoms with van der Waals surface area (Å²) in [5, 5.41) is 9.57. The van der Waals surface area contributed by atoms with E-state index in [1.807, 2.05) is 83.5 Å². The third-order valence-corrected chi connectivity index (χ3v) is 8.23. The molecule has 0 saturated heterocycles. The summed E-state index contributed by atoms with van der Waals surface area (Å²) in [4.78, 5) is 14.0. The van der Waals surface area contributed by atoms with Crippen molar-refractivity contribution in [3.05, 3.63) is 137 Å².